The zero-order valence-electron chi connectivity index (χ0n) is 13.9. The Morgan fingerprint density at radius 1 is 1.29 bits per heavy atom. The molecule has 1 heterocycles. The lowest BCUT2D eigenvalue weighted by Crippen LogP contribution is -2.46. The fourth-order valence-corrected chi connectivity index (χ4v) is 2.98. The second-order valence-electron chi connectivity index (χ2n) is 6.48. The first kappa shape index (κ1) is 16.6. The van der Waals surface area contributed by atoms with E-state index in [1.54, 1.807) is 6.92 Å². The van der Waals surface area contributed by atoms with Gasteiger partial charge >= 0.3 is 0 Å². The Balaban J connectivity index is 1.60. The number of hydrogen-bond acceptors (Lipinski definition) is 5. The number of carbonyl (C=O) groups is 1. The lowest BCUT2D eigenvalue weighted by Gasteiger charge is -2.32. The summed E-state index contributed by atoms with van der Waals surface area (Å²) < 4.78 is 0. The molecule has 128 valence electrons. The molecular formula is C17H23N5O2. The van der Waals surface area contributed by atoms with E-state index in [4.69, 9.17) is 0 Å². The number of amides is 1. The number of nitrogens with one attached hydrogen (secondary N) is 1. The molecule has 2 N–H and O–H groups in total. The number of benzene rings is 1. The van der Waals surface area contributed by atoms with Gasteiger partial charge in [-0.05, 0) is 25.0 Å². The third-order valence-corrected chi connectivity index (χ3v) is 4.56. The van der Waals surface area contributed by atoms with Crippen LogP contribution in [0.25, 0.3) is 11.4 Å². The molecule has 0 spiro atoms. The summed E-state index contributed by atoms with van der Waals surface area (Å²) in [6.07, 6.45) is 4.64. The highest BCUT2D eigenvalue weighted by Gasteiger charge is 2.30. The van der Waals surface area contributed by atoms with Crippen molar-refractivity contribution in [3.8, 4) is 11.4 Å². The van der Waals surface area contributed by atoms with Crippen molar-refractivity contribution in [2.75, 3.05) is 6.54 Å². The number of hydrogen-bond donors (Lipinski definition) is 2. The molecule has 3 rings (SSSR count). The maximum Gasteiger partial charge on any atom is 0.246 e. The molecule has 1 aliphatic carbocycles. The second kappa shape index (κ2) is 7.09. The Bertz CT molecular complexity index is 679. The van der Waals surface area contributed by atoms with Crippen LogP contribution in [-0.2, 0) is 4.79 Å². The standard InChI is InChI=1S/C17H23N5O2/c1-13(16(23)18-12-17(24)10-6-3-7-11-17)22-20-15(19-21-22)14-8-4-2-5-9-14/h2,4-5,8-9,13,24H,3,6-7,10-12H2,1H3,(H,18,23). The van der Waals surface area contributed by atoms with Gasteiger partial charge in [0.2, 0.25) is 11.7 Å². The van der Waals surface area contributed by atoms with Gasteiger partial charge in [0, 0.05) is 12.1 Å². The van der Waals surface area contributed by atoms with Crippen LogP contribution >= 0.6 is 0 Å². The van der Waals surface area contributed by atoms with E-state index >= 15 is 0 Å². The third-order valence-electron chi connectivity index (χ3n) is 4.56. The fraction of sp³-hybridized carbons (Fsp3) is 0.529. The highest BCUT2D eigenvalue weighted by atomic mass is 16.3. The van der Waals surface area contributed by atoms with E-state index in [-0.39, 0.29) is 12.5 Å². The molecule has 1 fully saturated rings. The Labute approximate surface area is 141 Å². The zero-order chi connectivity index (χ0) is 17.0. The quantitative estimate of drug-likeness (QED) is 0.871. The summed E-state index contributed by atoms with van der Waals surface area (Å²) >= 11 is 0. The predicted octanol–water partition coefficient (Wildman–Crippen LogP) is 1.71. The van der Waals surface area contributed by atoms with Crippen LogP contribution in [0.3, 0.4) is 0 Å². The SMILES string of the molecule is CC(C(=O)NCC1(O)CCCCC1)n1nnc(-c2ccccc2)n1. The van der Waals surface area contributed by atoms with Crippen LogP contribution in [0.15, 0.2) is 30.3 Å². The molecule has 0 saturated heterocycles. The highest BCUT2D eigenvalue weighted by molar-refractivity contribution is 5.79. The zero-order valence-corrected chi connectivity index (χ0v) is 13.9. The number of aromatic nitrogens is 4. The van der Waals surface area contributed by atoms with Gasteiger partial charge in [-0.3, -0.25) is 4.79 Å². The molecule has 0 bridgehead atoms. The summed E-state index contributed by atoms with van der Waals surface area (Å²) in [6.45, 7) is 1.99. The Hall–Kier alpha value is -2.28. The van der Waals surface area contributed by atoms with E-state index in [9.17, 15) is 9.90 Å². The van der Waals surface area contributed by atoms with E-state index < -0.39 is 11.6 Å². The largest absolute Gasteiger partial charge is 0.388 e. The minimum Gasteiger partial charge on any atom is -0.388 e. The lowest BCUT2D eigenvalue weighted by molar-refractivity contribution is -0.126. The molecule has 1 aromatic carbocycles. The van der Waals surface area contributed by atoms with Crippen LogP contribution in [0.1, 0.15) is 45.1 Å². The Kier molecular flexibility index (Phi) is 4.89. The summed E-state index contributed by atoms with van der Waals surface area (Å²) in [5, 5.41) is 25.6. The first-order valence-electron chi connectivity index (χ1n) is 8.42. The minimum atomic E-state index is -0.779. The first-order valence-corrected chi connectivity index (χ1v) is 8.42. The first-order chi connectivity index (χ1) is 11.6. The summed E-state index contributed by atoms with van der Waals surface area (Å²) in [5.41, 5.74) is 0.0754. The maximum atomic E-state index is 12.3. The molecule has 1 aromatic heterocycles. The third kappa shape index (κ3) is 3.79. The average Bonchev–Trinajstić information content (AvgIpc) is 3.10. The van der Waals surface area contributed by atoms with Crippen molar-refractivity contribution in [3.63, 3.8) is 0 Å². The van der Waals surface area contributed by atoms with E-state index in [1.165, 1.54) is 4.80 Å². The van der Waals surface area contributed by atoms with Crippen LogP contribution in [0, 0.1) is 0 Å². The van der Waals surface area contributed by atoms with Crippen molar-refractivity contribution in [1.82, 2.24) is 25.5 Å². The van der Waals surface area contributed by atoms with Crippen molar-refractivity contribution < 1.29 is 9.90 Å². The normalized spacial score (nSPS) is 18.1. The molecule has 1 atom stereocenters. The number of aliphatic hydroxyl groups is 1. The van der Waals surface area contributed by atoms with Gasteiger partial charge in [0.25, 0.3) is 0 Å². The number of rotatable bonds is 5. The summed E-state index contributed by atoms with van der Waals surface area (Å²) in [6, 6.07) is 8.92. The van der Waals surface area contributed by atoms with Crippen molar-refractivity contribution in [1.29, 1.82) is 0 Å². The van der Waals surface area contributed by atoms with Gasteiger partial charge in [-0.25, -0.2) is 0 Å². The van der Waals surface area contributed by atoms with Crippen molar-refractivity contribution in [3.05, 3.63) is 30.3 Å². The predicted molar refractivity (Wildman–Crippen MR) is 89.0 cm³/mol. The molecule has 1 unspecified atom stereocenters. The van der Waals surface area contributed by atoms with Crippen LogP contribution in [0.4, 0.5) is 0 Å². The number of nitrogens with zero attached hydrogens (tertiary/aromatic N) is 4. The van der Waals surface area contributed by atoms with E-state index in [2.05, 4.69) is 20.7 Å². The van der Waals surface area contributed by atoms with Crippen molar-refractivity contribution in [2.24, 2.45) is 0 Å². The van der Waals surface area contributed by atoms with E-state index in [0.29, 0.717) is 5.82 Å². The molecule has 1 amide bonds. The van der Waals surface area contributed by atoms with Gasteiger partial charge in [-0.15, -0.1) is 10.2 Å². The molecule has 0 aliphatic heterocycles. The molecule has 0 radical (unpaired) electrons. The molecular weight excluding hydrogens is 306 g/mol. The van der Waals surface area contributed by atoms with Gasteiger partial charge in [-0.2, -0.15) is 4.80 Å². The van der Waals surface area contributed by atoms with Crippen molar-refractivity contribution in [2.45, 2.75) is 50.7 Å². The van der Waals surface area contributed by atoms with E-state index in [0.717, 1.165) is 37.7 Å². The maximum absolute atomic E-state index is 12.3. The summed E-state index contributed by atoms with van der Waals surface area (Å²) in [7, 11) is 0. The van der Waals surface area contributed by atoms with Gasteiger partial charge in [0.15, 0.2) is 0 Å². The monoisotopic (exact) mass is 329 g/mol. The van der Waals surface area contributed by atoms with Crippen LogP contribution < -0.4 is 5.32 Å². The molecule has 7 heteroatoms. The second-order valence-corrected chi connectivity index (χ2v) is 6.48. The number of carbonyl (C=O) groups excluding carboxylic acids is 1. The average molecular weight is 329 g/mol. The molecule has 24 heavy (non-hydrogen) atoms. The van der Waals surface area contributed by atoms with Gasteiger partial charge in [0.1, 0.15) is 6.04 Å². The van der Waals surface area contributed by atoms with Gasteiger partial charge in [0.05, 0.1) is 5.60 Å². The Morgan fingerprint density at radius 2 is 2.00 bits per heavy atom. The van der Waals surface area contributed by atoms with Crippen LogP contribution in [0.5, 0.6) is 0 Å². The highest BCUT2D eigenvalue weighted by Crippen LogP contribution is 2.27. The smallest absolute Gasteiger partial charge is 0.246 e. The lowest BCUT2D eigenvalue weighted by atomic mass is 9.85. The van der Waals surface area contributed by atoms with E-state index in [1.807, 2.05) is 30.3 Å². The van der Waals surface area contributed by atoms with Crippen LogP contribution in [0.2, 0.25) is 0 Å². The Morgan fingerprint density at radius 3 is 2.71 bits per heavy atom. The van der Waals surface area contributed by atoms with Crippen LogP contribution in [-0.4, -0.2) is 43.4 Å². The summed E-state index contributed by atoms with van der Waals surface area (Å²) in [4.78, 5) is 13.6. The molecule has 7 nitrogen and oxygen atoms in total. The summed E-state index contributed by atoms with van der Waals surface area (Å²) in [5.74, 6) is 0.271. The molecule has 1 saturated carbocycles. The minimum absolute atomic E-state index is 0.217. The number of tetrazole rings is 1. The topological polar surface area (TPSA) is 92.9 Å². The fourth-order valence-electron chi connectivity index (χ4n) is 2.98. The van der Waals surface area contributed by atoms with Crippen molar-refractivity contribution >= 4 is 5.91 Å². The molecule has 2 aromatic rings. The molecule has 1 aliphatic rings. The van der Waals surface area contributed by atoms with Gasteiger partial charge < -0.3 is 10.4 Å². The van der Waals surface area contributed by atoms with Gasteiger partial charge in [-0.1, -0.05) is 49.6 Å².